The Balaban J connectivity index is 1.84. The van der Waals surface area contributed by atoms with Crippen molar-refractivity contribution in [2.24, 2.45) is 0 Å². The predicted octanol–water partition coefficient (Wildman–Crippen LogP) is 2.12. The van der Waals surface area contributed by atoms with Crippen LogP contribution in [0, 0.1) is 0 Å². The first-order valence-corrected chi connectivity index (χ1v) is 7.61. The molecule has 0 aliphatic heterocycles. The van der Waals surface area contributed by atoms with Gasteiger partial charge < -0.3 is 15.0 Å². The third-order valence-corrected chi connectivity index (χ3v) is 4.24. The highest BCUT2D eigenvalue weighted by atomic mass is 16.3. The zero-order chi connectivity index (χ0) is 13.7. The molecule has 108 valence electrons. The Morgan fingerprint density at radius 1 is 1.47 bits per heavy atom. The normalized spacial score (nSPS) is 18.5. The van der Waals surface area contributed by atoms with E-state index in [1.807, 2.05) is 6.20 Å². The maximum Gasteiger partial charge on any atom is 0.108 e. The zero-order valence-electron chi connectivity index (χ0n) is 12.2. The number of nitrogens with one attached hydrogen (secondary N) is 1. The molecule has 0 saturated heterocycles. The summed E-state index contributed by atoms with van der Waals surface area (Å²) in [5.41, 5.74) is -0.0753. The van der Waals surface area contributed by atoms with Gasteiger partial charge in [-0.1, -0.05) is 13.8 Å². The maximum absolute atomic E-state index is 9.73. The predicted molar refractivity (Wildman–Crippen MR) is 77.1 cm³/mol. The van der Waals surface area contributed by atoms with Gasteiger partial charge in [0, 0.05) is 36.9 Å². The van der Waals surface area contributed by atoms with E-state index in [0.717, 1.165) is 38.1 Å². The molecule has 0 radical (unpaired) electrons. The molecule has 0 bridgehead atoms. The van der Waals surface area contributed by atoms with E-state index in [1.165, 1.54) is 12.8 Å². The van der Waals surface area contributed by atoms with Crippen LogP contribution in [0.25, 0.3) is 0 Å². The van der Waals surface area contributed by atoms with Crippen molar-refractivity contribution >= 4 is 0 Å². The van der Waals surface area contributed by atoms with Gasteiger partial charge in [-0.3, -0.25) is 0 Å². The first kappa shape index (κ1) is 14.5. The van der Waals surface area contributed by atoms with Gasteiger partial charge in [-0.15, -0.1) is 0 Å². The lowest BCUT2D eigenvalue weighted by Gasteiger charge is -2.32. The summed E-state index contributed by atoms with van der Waals surface area (Å²) in [7, 11) is 0. The average Bonchev–Trinajstić information content (AvgIpc) is 3.13. The van der Waals surface area contributed by atoms with Crippen LogP contribution in [0.2, 0.25) is 0 Å². The van der Waals surface area contributed by atoms with Crippen LogP contribution in [-0.2, 0) is 13.0 Å². The van der Waals surface area contributed by atoms with Crippen molar-refractivity contribution in [2.45, 2.75) is 70.5 Å². The monoisotopic (exact) mass is 265 g/mol. The molecule has 2 rings (SSSR count). The molecular weight excluding hydrogens is 238 g/mol. The molecule has 2 N–H and O–H groups in total. The number of nitrogens with zero attached hydrogens (tertiary/aromatic N) is 2. The molecule has 1 aromatic heterocycles. The molecule has 19 heavy (non-hydrogen) atoms. The van der Waals surface area contributed by atoms with Crippen molar-refractivity contribution in [2.75, 3.05) is 6.61 Å². The SMILES string of the molecule is CCc1nccn1CCCC(CC)(CO)NC1CC1. The summed E-state index contributed by atoms with van der Waals surface area (Å²) in [5.74, 6) is 1.15. The van der Waals surface area contributed by atoms with E-state index >= 15 is 0 Å². The van der Waals surface area contributed by atoms with Crippen molar-refractivity contribution in [1.29, 1.82) is 0 Å². The van der Waals surface area contributed by atoms with E-state index in [9.17, 15) is 5.11 Å². The Hall–Kier alpha value is -0.870. The number of imidazole rings is 1. The number of rotatable bonds is 9. The highest BCUT2D eigenvalue weighted by molar-refractivity contribution is 4.95. The molecule has 0 amide bonds. The number of hydrogen-bond donors (Lipinski definition) is 2. The summed E-state index contributed by atoms with van der Waals surface area (Å²) in [6.07, 6.45) is 10.5. The van der Waals surface area contributed by atoms with E-state index in [4.69, 9.17) is 0 Å². The van der Waals surface area contributed by atoms with Crippen LogP contribution in [0.15, 0.2) is 12.4 Å². The Morgan fingerprint density at radius 3 is 2.84 bits per heavy atom. The lowest BCUT2D eigenvalue weighted by molar-refractivity contribution is 0.141. The first-order valence-electron chi connectivity index (χ1n) is 7.61. The number of aryl methyl sites for hydroxylation is 2. The second-order valence-corrected chi connectivity index (χ2v) is 5.70. The van der Waals surface area contributed by atoms with Gasteiger partial charge in [-0.25, -0.2) is 4.98 Å². The third-order valence-electron chi connectivity index (χ3n) is 4.24. The van der Waals surface area contributed by atoms with Crippen molar-refractivity contribution in [3.63, 3.8) is 0 Å². The van der Waals surface area contributed by atoms with Gasteiger partial charge in [-0.2, -0.15) is 0 Å². The fourth-order valence-electron chi connectivity index (χ4n) is 2.69. The summed E-state index contributed by atoms with van der Waals surface area (Å²) in [4.78, 5) is 4.35. The van der Waals surface area contributed by atoms with E-state index in [-0.39, 0.29) is 12.1 Å². The van der Waals surface area contributed by atoms with Gasteiger partial charge in [0.05, 0.1) is 6.61 Å². The minimum absolute atomic E-state index is 0.0753. The molecule has 1 aliphatic carbocycles. The summed E-state index contributed by atoms with van der Waals surface area (Å²) < 4.78 is 2.23. The molecule has 1 aliphatic rings. The molecule has 1 saturated carbocycles. The zero-order valence-corrected chi connectivity index (χ0v) is 12.2. The molecule has 0 aromatic carbocycles. The molecule has 0 spiro atoms. The molecular formula is C15H27N3O. The van der Waals surface area contributed by atoms with Crippen molar-refractivity contribution in [3.8, 4) is 0 Å². The van der Waals surface area contributed by atoms with Crippen LogP contribution >= 0.6 is 0 Å². The minimum Gasteiger partial charge on any atom is -0.394 e. The second-order valence-electron chi connectivity index (χ2n) is 5.70. The number of aliphatic hydroxyl groups excluding tert-OH is 1. The van der Waals surface area contributed by atoms with Crippen LogP contribution < -0.4 is 5.32 Å². The van der Waals surface area contributed by atoms with E-state index in [1.54, 1.807) is 0 Å². The largest absolute Gasteiger partial charge is 0.394 e. The lowest BCUT2D eigenvalue weighted by Crippen LogP contribution is -2.49. The molecule has 1 fully saturated rings. The van der Waals surface area contributed by atoms with Gasteiger partial charge in [-0.05, 0) is 32.1 Å². The Bertz CT molecular complexity index is 380. The third kappa shape index (κ3) is 3.80. The van der Waals surface area contributed by atoms with Crippen LogP contribution in [0.3, 0.4) is 0 Å². The Morgan fingerprint density at radius 2 is 2.26 bits per heavy atom. The van der Waals surface area contributed by atoms with E-state index < -0.39 is 0 Å². The maximum atomic E-state index is 9.73. The van der Waals surface area contributed by atoms with Crippen LogP contribution in [0.1, 0.15) is 51.8 Å². The van der Waals surface area contributed by atoms with E-state index in [2.05, 4.69) is 34.9 Å². The summed E-state index contributed by atoms with van der Waals surface area (Å²) in [6, 6.07) is 0.645. The number of hydrogen-bond acceptors (Lipinski definition) is 3. The molecule has 1 atom stereocenters. The molecule has 1 aromatic rings. The minimum atomic E-state index is -0.0753. The highest BCUT2D eigenvalue weighted by Gasteiger charge is 2.33. The fourth-order valence-corrected chi connectivity index (χ4v) is 2.69. The van der Waals surface area contributed by atoms with Gasteiger partial charge >= 0.3 is 0 Å². The number of aliphatic hydroxyl groups is 1. The van der Waals surface area contributed by atoms with Crippen molar-refractivity contribution in [1.82, 2.24) is 14.9 Å². The van der Waals surface area contributed by atoms with Gasteiger partial charge in [0.2, 0.25) is 0 Å². The summed E-state index contributed by atoms with van der Waals surface area (Å²) in [6.45, 7) is 5.54. The molecule has 1 unspecified atom stereocenters. The standard InChI is InChI=1S/C15H27N3O/c1-3-14-16-9-11-18(14)10-5-8-15(4-2,12-19)17-13-6-7-13/h9,11,13,17,19H,3-8,10,12H2,1-2H3. The first-order chi connectivity index (χ1) is 9.23. The summed E-state index contributed by atoms with van der Waals surface area (Å²) in [5, 5.41) is 13.4. The summed E-state index contributed by atoms with van der Waals surface area (Å²) >= 11 is 0. The molecule has 1 heterocycles. The van der Waals surface area contributed by atoms with Crippen LogP contribution in [0.4, 0.5) is 0 Å². The van der Waals surface area contributed by atoms with Crippen molar-refractivity contribution in [3.05, 3.63) is 18.2 Å². The Labute approximate surface area is 116 Å². The highest BCUT2D eigenvalue weighted by Crippen LogP contribution is 2.27. The average molecular weight is 265 g/mol. The van der Waals surface area contributed by atoms with Gasteiger partial charge in [0.1, 0.15) is 5.82 Å². The van der Waals surface area contributed by atoms with Crippen molar-refractivity contribution < 1.29 is 5.11 Å². The lowest BCUT2D eigenvalue weighted by atomic mass is 9.91. The molecule has 4 heteroatoms. The van der Waals surface area contributed by atoms with Crippen LogP contribution in [-0.4, -0.2) is 32.8 Å². The fraction of sp³-hybridized carbons (Fsp3) is 0.800. The molecule has 4 nitrogen and oxygen atoms in total. The topological polar surface area (TPSA) is 50.1 Å². The van der Waals surface area contributed by atoms with E-state index in [0.29, 0.717) is 6.04 Å². The van der Waals surface area contributed by atoms with Gasteiger partial charge in [0.25, 0.3) is 0 Å². The smallest absolute Gasteiger partial charge is 0.108 e. The van der Waals surface area contributed by atoms with Gasteiger partial charge in [0.15, 0.2) is 0 Å². The second kappa shape index (κ2) is 6.53. The van der Waals surface area contributed by atoms with Crippen LogP contribution in [0.5, 0.6) is 0 Å². The number of aromatic nitrogens is 2. The Kier molecular flexibility index (Phi) is 4.99. The quantitative estimate of drug-likeness (QED) is 0.719.